The van der Waals surface area contributed by atoms with Gasteiger partial charge in [0.05, 0.1) is 5.69 Å². The molecule has 1 heterocycles. The summed E-state index contributed by atoms with van der Waals surface area (Å²) in [5, 5.41) is 0. The van der Waals surface area contributed by atoms with Crippen LogP contribution in [0.15, 0.2) is 48.2 Å². The summed E-state index contributed by atoms with van der Waals surface area (Å²) >= 11 is 0. The maximum atomic E-state index is 12.4. The van der Waals surface area contributed by atoms with E-state index < -0.39 is 0 Å². The molecule has 0 radical (unpaired) electrons. The van der Waals surface area contributed by atoms with Gasteiger partial charge in [-0.05, 0) is 41.8 Å². The molecule has 0 aliphatic carbocycles. The molecule has 0 bridgehead atoms. The zero-order valence-corrected chi connectivity index (χ0v) is 12.7. The molecule has 1 aliphatic heterocycles. The zero-order chi connectivity index (χ0) is 15.7. The fraction of sp³-hybridized carbons (Fsp3) is 0.167. The van der Waals surface area contributed by atoms with Crippen LogP contribution in [0.3, 0.4) is 0 Å². The van der Waals surface area contributed by atoms with Crippen LogP contribution in [0.5, 0.6) is 5.75 Å². The zero-order valence-electron chi connectivity index (χ0n) is 12.7. The van der Waals surface area contributed by atoms with Crippen LogP contribution in [0.1, 0.15) is 18.1 Å². The van der Waals surface area contributed by atoms with Crippen molar-refractivity contribution >= 4 is 23.4 Å². The Morgan fingerprint density at radius 2 is 1.91 bits per heavy atom. The molecule has 22 heavy (non-hydrogen) atoms. The van der Waals surface area contributed by atoms with Gasteiger partial charge in [-0.2, -0.15) is 0 Å². The molecule has 0 saturated heterocycles. The Hall–Kier alpha value is -2.75. The first-order valence-corrected chi connectivity index (χ1v) is 7.24. The van der Waals surface area contributed by atoms with Gasteiger partial charge in [0, 0.05) is 12.7 Å². The lowest BCUT2D eigenvalue weighted by molar-refractivity contribution is -0.117. The number of likely N-dealkylation sites (N-methyl/N-ethyl adjacent to an activating group) is 1. The number of ether oxygens (including phenoxy) is 1. The number of anilines is 2. The van der Waals surface area contributed by atoms with Gasteiger partial charge >= 0.3 is 0 Å². The van der Waals surface area contributed by atoms with Gasteiger partial charge in [-0.15, -0.1) is 0 Å². The number of fused-ring (bicyclic) bond motifs is 1. The molecule has 112 valence electrons. The van der Waals surface area contributed by atoms with Crippen molar-refractivity contribution in [3.8, 4) is 5.75 Å². The molecule has 0 saturated carbocycles. The number of nitrogen functional groups attached to an aromatic ring is 1. The largest absolute Gasteiger partial charge is 0.449 e. The summed E-state index contributed by atoms with van der Waals surface area (Å²) in [7, 11) is 1.72. The summed E-state index contributed by atoms with van der Waals surface area (Å²) in [4.78, 5) is 14.0. The Labute approximate surface area is 129 Å². The molecule has 2 aromatic rings. The van der Waals surface area contributed by atoms with E-state index in [1.807, 2.05) is 12.1 Å². The van der Waals surface area contributed by atoms with Gasteiger partial charge in [0.2, 0.25) is 0 Å². The van der Waals surface area contributed by atoms with Crippen molar-refractivity contribution in [1.82, 2.24) is 0 Å². The average Bonchev–Trinajstić information content (AvgIpc) is 2.54. The minimum Gasteiger partial charge on any atom is -0.449 e. The van der Waals surface area contributed by atoms with Gasteiger partial charge in [0.1, 0.15) is 0 Å². The highest BCUT2D eigenvalue weighted by molar-refractivity contribution is 6.09. The number of carbonyl (C=O) groups is 1. The molecule has 4 nitrogen and oxygen atoms in total. The van der Waals surface area contributed by atoms with Crippen molar-refractivity contribution in [2.45, 2.75) is 13.3 Å². The van der Waals surface area contributed by atoms with E-state index in [1.54, 1.807) is 36.2 Å². The molecule has 2 aromatic carbocycles. The van der Waals surface area contributed by atoms with E-state index in [4.69, 9.17) is 10.5 Å². The minimum absolute atomic E-state index is 0.183. The highest BCUT2D eigenvalue weighted by atomic mass is 16.5. The summed E-state index contributed by atoms with van der Waals surface area (Å²) < 4.78 is 5.74. The predicted molar refractivity (Wildman–Crippen MR) is 88.7 cm³/mol. The van der Waals surface area contributed by atoms with Crippen molar-refractivity contribution in [2.24, 2.45) is 0 Å². The van der Waals surface area contributed by atoms with Crippen molar-refractivity contribution in [3.05, 3.63) is 59.4 Å². The van der Waals surface area contributed by atoms with E-state index >= 15 is 0 Å². The number of aryl methyl sites for hydroxylation is 1. The number of amides is 1. The van der Waals surface area contributed by atoms with E-state index in [0.29, 0.717) is 22.9 Å². The van der Waals surface area contributed by atoms with Gasteiger partial charge in [0.15, 0.2) is 11.5 Å². The van der Waals surface area contributed by atoms with E-state index in [-0.39, 0.29) is 5.91 Å². The average molecular weight is 294 g/mol. The molecule has 2 N–H and O–H groups in total. The molecule has 0 unspecified atom stereocenters. The number of benzene rings is 2. The number of hydrogen-bond acceptors (Lipinski definition) is 3. The van der Waals surface area contributed by atoms with Crippen LogP contribution >= 0.6 is 0 Å². The second-order valence-corrected chi connectivity index (χ2v) is 5.30. The fourth-order valence-electron chi connectivity index (χ4n) is 2.41. The minimum atomic E-state index is -0.183. The first-order valence-electron chi connectivity index (χ1n) is 7.24. The summed E-state index contributed by atoms with van der Waals surface area (Å²) in [6, 6.07) is 13.4. The third-order valence-corrected chi connectivity index (χ3v) is 3.77. The molecule has 0 atom stereocenters. The predicted octanol–water partition coefficient (Wildman–Crippen LogP) is 3.23. The van der Waals surface area contributed by atoms with Crippen LogP contribution in [0.25, 0.3) is 6.08 Å². The van der Waals surface area contributed by atoms with Crippen molar-refractivity contribution in [1.29, 1.82) is 0 Å². The van der Waals surface area contributed by atoms with Gasteiger partial charge in [-0.3, -0.25) is 4.79 Å². The van der Waals surface area contributed by atoms with Crippen LogP contribution < -0.4 is 15.4 Å². The molecule has 3 rings (SSSR count). The Balaban J connectivity index is 1.96. The maximum Gasteiger partial charge on any atom is 0.293 e. The lowest BCUT2D eigenvalue weighted by atomic mass is 10.1. The Kier molecular flexibility index (Phi) is 3.59. The fourth-order valence-corrected chi connectivity index (χ4v) is 2.41. The van der Waals surface area contributed by atoms with Crippen LogP contribution in [0, 0.1) is 0 Å². The van der Waals surface area contributed by atoms with Crippen LogP contribution in [-0.4, -0.2) is 13.0 Å². The molecule has 0 spiro atoms. The number of nitrogens with zero attached hydrogens (tertiary/aromatic N) is 1. The molecule has 0 fully saturated rings. The van der Waals surface area contributed by atoms with Gasteiger partial charge in [-0.1, -0.05) is 31.2 Å². The number of rotatable bonds is 2. The van der Waals surface area contributed by atoms with Crippen LogP contribution in [-0.2, 0) is 11.2 Å². The summed E-state index contributed by atoms with van der Waals surface area (Å²) in [5.74, 6) is 0.759. The van der Waals surface area contributed by atoms with Crippen molar-refractivity contribution < 1.29 is 9.53 Å². The van der Waals surface area contributed by atoms with Crippen LogP contribution in [0.2, 0.25) is 0 Å². The highest BCUT2D eigenvalue weighted by Gasteiger charge is 2.27. The van der Waals surface area contributed by atoms with E-state index in [0.717, 1.165) is 12.0 Å². The Morgan fingerprint density at radius 1 is 1.18 bits per heavy atom. The Morgan fingerprint density at radius 3 is 2.59 bits per heavy atom. The third kappa shape index (κ3) is 2.55. The molecular formula is C18H18N2O2. The van der Waals surface area contributed by atoms with Gasteiger partial charge in [-0.25, -0.2) is 0 Å². The monoisotopic (exact) mass is 294 g/mol. The van der Waals surface area contributed by atoms with Gasteiger partial charge in [0.25, 0.3) is 5.91 Å². The highest BCUT2D eigenvalue weighted by Crippen LogP contribution is 2.36. The molecule has 0 aromatic heterocycles. The topological polar surface area (TPSA) is 55.6 Å². The summed E-state index contributed by atoms with van der Waals surface area (Å²) in [6.45, 7) is 2.11. The molecule has 1 amide bonds. The first kappa shape index (κ1) is 14.2. The van der Waals surface area contributed by atoms with E-state index in [1.165, 1.54) is 5.56 Å². The summed E-state index contributed by atoms with van der Waals surface area (Å²) in [6.07, 6.45) is 2.75. The second-order valence-electron chi connectivity index (χ2n) is 5.30. The van der Waals surface area contributed by atoms with E-state index in [2.05, 4.69) is 19.1 Å². The number of carbonyl (C=O) groups excluding carboxylic acids is 1. The number of nitrogens with two attached hydrogens (primary N) is 1. The maximum absolute atomic E-state index is 12.4. The lowest BCUT2D eigenvalue weighted by Crippen LogP contribution is -2.33. The smallest absolute Gasteiger partial charge is 0.293 e. The summed E-state index contributed by atoms with van der Waals surface area (Å²) in [5.41, 5.74) is 9.25. The number of hydrogen-bond donors (Lipinski definition) is 1. The van der Waals surface area contributed by atoms with E-state index in [9.17, 15) is 4.79 Å². The molecule has 1 aliphatic rings. The van der Waals surface area contributed by atoms with Crippen molar-refractivity contribution in [3.63, 3.8) is 0 Å². The second kappa shape index (κ2) is 5.56. The van der Waals surface area contributed by atoms with Crippen LogP contribution in [0.4, 0.5) is 11.4 Å². The first-order chi connectivity index (χ1) is 10.6. The molecule has 4 heteroatoms. The lowest BCUT2D eigenvalue weighted by Gasteiger charge is -2.27. The third-order valence-electron chi connectivity index (χ3n) is 3.77. The Bertz CT molecular complexity index is 748. The van der Waals surface area contributed by atoms with Crippen molar-refractivity contribution in [2.75, 3.05) is 17.7 Å². The molecular weight excluding hydrogens is 276 g/mol. The normalized spacial score (nSPS) is 15.6. The quantitative estimate of drug-likeness (QED) is 0.683. The SMILES string of the molecule is CCc1ccc(/C=C2/Oc3ccc(N)cc3N(C)C2=O)cc1. The standard InChI is InChI=1S/C18H18N2O2/c1-3-12-4-6-13(7-5-12)10-17-18(21)20(2)15-11-14(19)8-9-16(15)22-17/h4-11H,3,19H2,1-2H3/b17-10+. The van der Waals surface area contributed by atoms with Gasteiger partial charge < -0.3 is 15.4 Å².